The Hall–Kier alpha value is -1.96. The molecule has 0 fully saturated rings. The number of benzene rings is 2. The maximum absolute atomic E-state index is 12.5. The van der Waals surface area contributed by atoms with Crippen molar-refractivity contribution in [2.24, 2.45) is 0 Å². The van der Waals surface area contributed by atoms with Crippen molar-refractivity contribution in [1.82, 2.24) is 5.32 Å². The van der Waals surface area contributed by atoms with Gasteiger partial charge >= 0.3 is 0 Å². The number of ether oxygens (including phenoxy) is 1. The monoisotopic (exact) mass is 402 g/mol. The summed E-state index contributed by atoms with van der Waals surface area (Å²) in [6.45, 7) is 1.59. The number of amides is 1. The number of hydrogen-bond donors (Lipinski definition) is 2. The molecule has 0 saturated carbocycles. The van der Waals surface area contributed by atoms with E-state index in [0.717, 1.165) is 0 Å². The second kappa shape index (κ2) is 7.95. The predicted molar refractivity (Wildman–Crippen MR) is 97.9 cm³/mol. The number of para-hydroxylation sites is 1. The minimum Gasteiger partial charge on any atom is -0.481 e. The zero-order valence-electron chi connectivity index (χ0n) is 13.4. The van der Waals surface area contributed by atoms with Crippen LogP contribution >= 0.6 is 23.2 Å². The molecule has 2 N–H and O–H groups in total. The van der Waals surface area contributed by atoms with Gasteiger partial charge in [-0.25, -0.2) is 8.42 Å². The summed E-state index contributed by atoms with van der Waals surface area (Å²) >= 11 is 12.0. The quantitative estimate of drug-likeness (QED) is 0.775. The number of halogens is 2. The molecule has 2 aromatic rings. The minimum atomic E-state index is -3.88. The predicted octanol–water partition coefficient (Wildman–Crippen LogP) is 3.31. The molecule has 25 heavy (non-hydrogen) atoms. The van der Waals surface area contributed by atoms with Crippen LogP contribution in [0.1, 0.15) is 6.92 Å². The summed E-state index contributed by atoms with van der Waals surface area (Å²) in [5.74, 6) is 0.0811. The number of carbonyl (C=O) groups excluding carboxylic acids is 1. The maximum atomic E-state index is 12.5. The molecule has 0 heterocycles. The third kappa shape index (κ3) is 4.78. The van der Waals surface area contributed by atoms with Gasteiger partial charge in [-0.15, -0.1) is 0 Å². The van der Waals surface area contributed by atoms with Crippen LogP contribution in [0.3, 0.4) is 0 Å². The van der Waals surface area contributed by atoms with Crippen molar-refractivity contribution >= 4 is 44.8 Å². The first-order valence-electron chi connectivity index (χ1n) is 7.19. The molecule has 0 unspecified atom stereocenters. The van der Waals surface area contributed by atoms with Crippen LogP contribution in [0.2, 0.25) is 10.0 Å². The smallest absolute Gasteiger partial charge is 0.261 e. The van der Waals surface area contributed by atoms with Crippen LogP contribution in [0.25, 0.3) is 0 Å². The van der Waals surface area contributed by atoms with Crippen LogP contribution in [-0.4, -0.2) is 27.5 Å². The van der Waals surface area contributed by atoms with Gasteiger partial charge in [0, 0.05) is 7.05 Å². The fraction of sp³-hybridized carbons (Fsp3) is 0.188. The molecule has 0 spiro atoms. The van der Waals surface area contributed by atoms with E-state index < -0.39 is 16.1 Å². The Balaban J connectivity index is 2.19. The molecule has 6 nitrogen and oxygen atoms in total. The van der Waals surface area contributed by atoms with Gasteiger partial charge in [0.1, 0.15) is 5.75 Å². The lowest BCUT2D eigenvalue weighted by Gasteiger charge is -2.14. The minimum absolute atomic E-state index is 0.00318. The summed E-state index contributed by atoms with van der Waals surface area (Å²) in [4.78, 5) is 11.4. The van der Waals surface area contributed by atoms with Crippen LogP contribution in [-0.2, 0) is 14.8 Å². The van der Waals surface area contributed by atoms with Gasteiger partial charge in [0.2, 0.25) is 0 Å². The highest BCUT2D eigenvalue weighted by molar-refractivity contribution is 7.92. The molecule has 0 saturated heterocycles. The molecular formula is C16H16Cl2N2O4S. The summed E-state index contributed by atoms with van der Waals surface area (Å²) in [5.41, 5.74) is 0.111. The van der Waals surface area contributed by atoms with Gasteiger partial charge in [0.05, 0.1) is 20.6 Å². The number of likely N-dealkylation sites (N-methyl/N-ethyl adjacent to an activating group) is 1. The van der Waals surface area contributed by atoms with E-state index in [-0.39, 0.29) is 26.5 Å². The molecule has 0 bridgehead atoms. The summed E-state index contributed by atoms with van der Waals surface area (Å²) in [7, 11) is -2.37. The SMILES string of the molecule is CNC(=O)[C@@H](C)Oc1ccc(S(=O)(=O)Nc2c(Cl)cccc2Cl)cc1. The van der Waals surface area contributed by atoms with E-state index in [1.165, 1.54) is 43.4 Å². The van der Waals surface area contributed by atoms with E-state index in [4.69, 9.17) is 27.9 Å². The zero-order valence-corrected chi connectivity index (χ0v) is 15.7. The highest BCUT2D eigenvalue weighted by Crippen LogP contribution is 2.32. The highest BCUT2D eigenvalue weighted by Gasteiger charge is 2.18. The van der Waals surface area contributed by atoms with Gasteiger partial charge in [0.15, 0.2) is 6.10 Å². The Morgan fingerprint density at radius 2 is 1.64 bits per heavy atom. The molecule has 1 atom stereocenters. The number of carbonyl (C=O) groups is 1. The van der Waals surface area contributed by atoms with Crippen molar-refractivity contribution in [2.75, 3.05) is 11.8 Å². The first kappa shape index (κ1) is 19.4. The average Bonchev–Trinajstić information content (AvgIpc) is 2.58. The van der Waals surface area contributed by atoms with E-state index in [1.807, 2.05) is 0 Å². The molecule has 0 aliphatic carbocycles. The van der Waals surface area contributed by atoms with E-state index in [2.05, 4.69) is 10.0 Å². The third-order valence-corrected chi connectivity index (χ3v) is 5.26. The van der Waals surface area contributed by atoms with E-state index in [9.17, 15) is 13.2 Å². The first-order valence-corrected chi connectivity index (χ1v) is 9.43. The molecular weight excluding hydrogens is 387 g/mol. The summed E-state index contributed by atoms with van der Waals surface area (Å²) < 4.78 is 32.7. The Morgan fingerprint density at radius 1 is 1.08 bits per heavy atom. The van der Waals surface area contributed by atoms with Gasteiger partial charge in [0.25, 0.3) is 15.9 Å². The zero-order chi connectivity index (χ0) is 18.6. The lowest BCUT2D eigenvalue weighted by Crippen LogP contribution is -2.33. The number of rotatable bonds is 6. The Morgan fingerprint density at radius 3 is 2.16 bits per heavy atom. The van der Waals surface area contributed by atoms with Gasteiger partial charge in [-0.3, -0.25) is 9.52 Å². The fourth-order valence-corrected chi connectivity index (χ4v) is 3.65. The molecule has 0 aromatic heterocycles. The van der Waals surface area contributed by atoms with Gasteiger partial charge < -0.3 is 10.1 Å². The number of nitrogens with one attached hydrogen (secondary N) is 2. The molecule has 2 aromatic carbocycles. The average molecular weight is 403 g/mol. The van der Waals surface area contributed by atoms with E-state index in [0.29, 0.717) is 5.75 Å². The number of anilines is 1. The highest BCUT2D eigenvalue weighted by atomic mass is 35.5. The van der Waals surface area contributed by atoms with Gasteiger partial charge in [-0.2, -0.15) is 0 Å². The second-order valence-electron chi connectivity index (χ2n) is 5.05. The van der Waals surface area contributed by atoms with Crippen molar-refractivity contribution < 1.29 is 17.9 Å². The molecule has 0 aliphatic rings. The number of sulfonamides is 1. The van der Waals surface area contributed by atoms with Crippen LogP contribution in [0, 0.1) is 0 Å². The van der Waals surface area contributed by atoms with Crippen LogP contribution in [0.4, 0.5) is 5.69 Å². The third-order valence-electron chi connectivity index (χ3n) is 3.26. The van der Waals surface area contributed by atoms with Crippen molar-refractivity contribution in [3.63, 3.8) is 0 Å². The van der Waals surface area contributed by atoms with Crippen molar-refractivity contribution in [1.29, 1.82) is 0 Å². The summed E-state index contributed by atoms with van der Waals surface area (Å²) in [6, 6.07) is 10.3. The molecule has 0 aliphatic heterocycles. The lowest BCUT2D eigenvalue weighted by molar-refractivity contribution is -0.126. The van der Waals surface area contributed by atoms with Crippen molar-refractivity contribution in [3.8, 4) is 5.75 Å². The largest absolute Gasteiger partial charge is 0.481 e. The Kier molecular flexibility index (Phi) is 6.16. The molecule has 2 rings (SSSR count). The second-order valence-corrected chi connectivity index (χ2v) is 7.54. The standard InChI is InChI=1S/C16H16Cl2N2O4S/c1-10(16(21)19-2)24-11-6-8-12(9-7-11)25(22,23)20-15-13(17)4-3-5-14(15)18/h3-10,20H,1-2H3,(H,19,21)/t10-/m1/s1. The molecule has 134 valence electrons. The lowest BCUT2D eigenvalue weighted by atomic mass is 10.3. The van der Waals surface area contributed by atoms with Crippen molar-refractivity contribution in [2.45, 2.75) is 17.9 Å². The summed E-state index contributed by atoms with van der Waals surface area (Å²) in [6.07, 6.45) is -0.701. The van der Waals surface area contributed by atoms with Crippen LogP contribution < -0.4 is 14.8 Å². The van der Waals surface area contributed by atoms with E-state index in [1.54, 1.807) is 13.0 Å². The normalized spacial score (nSPS) is 12.3. The maximum Gasteiger partial charge on any atom is 0.261 e. The Bertz CT molecular complexity index is 850. The fourth-order valence-electron chi connectivity index (χ4n) is 1.95. The van der Waals surface area contributed by atoms with Gasteiger partial charge in [-0.1, -0.05) is 29.3 Å². The van der Waals surface area contributed by atoms with Crippen molar-refractivity contribution in [3.05, 3.63) is 52.5 Å². The van der Waals surface area contributed by atoms with Crippen LogP contribution in [0.5, 0.6) is 5.75 Å². The Labute approximate surface area is 156 Å². The van der Waals surface area contributed by atoms with E-state index >= 15 is 0 Å². The topological polar surface area (TPSA) is 84.5 Å². The number of hydrogen-bond acceptors (Lipinski definition) is 4. The van der Waals surface area contributed by atoms with Crippen LogP contribution in [0.15, 0.2) is 47.4 Å². The molecule has 0 radical (unpaired) electrons. The summed E-state index contributed by atoms with van der Waals surface area (Å²) in [5, 5.41) is 2.84. The van der Waals surface area contributed by atoms with Gasteiger partial charge in [-0.05, 0) is 43.3 Å². The molecule has 1 amide bonds. The molecule has 9 heteroatoms. The first-order chi connectivity index (χ1) is 11.7.